The third-order valence-corrected chi connectivity index (χ3v) is 4.48. The predicted molar refractivity (Wildman–Crippen MR) is 60.6 cm³/mol. The molecular weight excluding hydrogens is 226 g/mol. The fourth-order valence-electron chi connectivity index (χ4n) is 1.71. The Morgan fingerprint density at radius 3 is 2.56 bits per heavy atom. The lowest BCUT2D eigenvalue weighted by Crippen LogP contribution is -2.33. The van der Waals surface area contributed by atoms with Crippen LogP contribution in [0, 0.1) is 0 Å². The van der Waals surface area contributed by atoms with Crippen molar-refractivity contribution in [1.82, 2.24) is 4.31 Å². The number of hydrogen-bond donors (Lipinski definition) is 0. The molecule has 0 radical (unpaired) electrons. The molecule has 1 aliphatic heterocycles. The molecule has 1 aromatic carbocycles. The molecule has 4 nitrogen and oxygen atoms in total. The molecule has 0 bridgehead atoms. The summed E-state index contributed by atoms with van der Waals surface area (Å²) in [5.41, 5.74) is 0. The van der Waals surface area contributed by atoms with Crippen LogP contribution in [0.4, 0.5) is 0 Å². The molecule has 88 valence electrons. The van der Waals surface area contributed by atoms with Gasteiger partial charge in [-0.2, -0.15) is 4.31 Å². The zero-order chi connectivity index (χ0) is 11.4. The monoisotopic (exact) mass is 241 g/mol. The first-order chi connectivity index (χ1) is 7.71. The van der Waals surface area contributed by atoms with Crippen LogP contribution >= 0.6 is 0 Å². The van der Waals surface area contributed by atoms with Crippen LogP contribution in [0.3, 0.4) is 0 Å². The van der Waals surface area contributed by atoms with Gasteiger partial charge in [0.1, 0.15) is 0 Å². The van der Waals surface area contributed by atoms with Crippen molar-refractivity contribution < 1.29 is 13.2 Å². The van der Waals surface area contributed by atoms with Crippen LogP contribution in [0.5, 0.6) is 0 Å². The Kier molecular flexibility index (Phi) is 3.58. The summed E-state index contributed by atoms with van der Waals surface area (Å²) in [4.78, 5) is 0.358. The molecule has 0 aliphatic carbocycles. The van der Waals surface area contributed by atoms with Crippen molar-refractivity contribution in [3.8, 4) is 0 Å². The Morgan fingerprint density at radius 2 is 1.81 bits per heavy atom. The van der Waals surface area contributed by atoms with Crippen molar-refractivity contribution in [1.29, 1.82) is 0 Å². The molecule has 1 aliphatic rings. The standard InChI is InChI=1S/C11H15NO3S/c13-16(14,11-5-2-1-3-6-11)12-7-4-9-15-10-8-12/h1-3,5-6H,4,7-10H2. The second-order valence-corrected chi connectivity index (χ2v) is 5.62. The van der Waals surface area contributed by atoms with Gasteiger partial charge in [0.2, 0.25) is 10.0 Å². The lowest BCUT2D eigenvalue weighted by atomic mass is 10.4. The summed E-state index contributed by atoms with van der Waals surface area (Å²) >= 11 is 0. The molecule has 5 heteroatoms. The van der Waals surface area contributed by atoms with Crippen LogP contribution < -0.4 is 0 Å². The number of hydrogen-bond acceptors (Lipinski definition) is 3. The van der Waals surface area contributed by atoms with E-state index in [0.29, 0.717) is 31.2 Å². The van der Waals surface area contributed by atoms with E-state index < -0.39 is 10.0 Å². The molecule has 0 aromatic heterocycles. The van der Waals surface area contributed by atoms with Crippen LogP contribution in [0.2, 0.25) is 0 Å². The van der Waals surface area contributed by atoms with E-state index in [1.165, 1.54) is 4.31 Å². The summed E-state index contributed by atoms with van der Waals surface area (Å²) < 4.78 is 31.2. The SMILES string of the molecule is O=S(=O)(c1ccccc1)N1CCCOCC1. The maximum absolute atomic E-state index is 12.2. The minimum Gasteiger partial charge on any atom is -0.380 e. The third-order valence-electron chi connectivity index (χ3n) is 2.56. The van der Waals surface area contributed by atoms with Crippen molar-refractivity contribution in [2.75, 3.05) is 26.3 Å². The first-order valence-electron chi connectivity index (χ1n) is 5.34. The van der Waals surface area contributed by atoms with E-state index in [9.17, 15) is 8.42 Å². The number of nitrogens with zero attached hydrogens (tertiary/aromatic N) is 1. The van der Waals surface area contributed by atoms with E-state index in [1.807, 2.05) is 6.07 Å². The molecule has 0 unspecified atom stereocenters. The van der Waals surface area contributed by atoms with Gasteiger partial charge in [0.05, 0.1) is 11.5 Å². The summed E-state index contributed by atoms with van der Waals surface area (Å²) in [5, 5.41) is 0. The normalized spacial score (nSPS) is 19.2. The molecule has 2 rings (SSSR count). The van der Waals surface area contributed by atoms with Gasteiger partial charge in [-0.25, -0.2) is 8.42 Å². The summed E-state index contributed by atoms with van der Waals surface area (Å²) in [6, 6.07) is 8.54. The topological polar surface area (TPSA) is 46.6 Å². The Labute approximate surface area is 95.9 Å². The maximum Gasteiger partial charge on any atom is 0.243 e. The van der Waals surface area contributed by atoms with Crippen LogP contribution in [0.15, 0.2) is 35.2 Å². The highest BCUT2D eigenvalue weighted by Crippen LogP contribution is 2.16. The predicted octanol–water partition coefficient (Wildman–Crippen LogP) is 1.10. The smallest absolute Gasteiger partial charge is 0.243 e. The highest BCUT2D eigenvalue weighted by Gasteiger charge is 2.24. The summed E-state index contributed by atoms with van der Waals surface area (Å²) in [5.74, 6) is 0. The highest BCUT2D eigenvalue weighted by atomic mass is 32.2. The quantitative estimate of drug-likeness (QED) is 0.779. The van der Waals surface area contributed by atoms with Crippen molar-refractivity contribution in [2.45, 2.75) is 11.3 Å². The van der Waals surface area contributed by atoms with Gasteiger partial charge in [-0.3, -0.25) is 0 Å². The van der Waals surface area contributed by atoms with Gasteiger partial charge >= 0.3 is 0 Å². The van der Waals surface area contributed by atoms with Gasteiger partial charge in [-0.1, -0.05) is 18.2 Å². The highest BCUT2D eigenvalue weighted by molar-refractivity contribution is 7.89. The largest absolute Gasteiger partial charge is 0.380 e. The Morgan fingerprint density at radius 1 is 1.06 bits per heavy atom. The average molecular weight is 241 g/mol. The molecule has 0 amide bonds. The fourth-order valence-corrected chi connectivity index (χ4v) is 3.19. The van der Waals surface area contributed by atoms with Gasteiger partial charge in [0.25, 0.3) is 0 Å². The fraction of sp³-hybridized carbons (Fsp3) is 0.455. The zero-order valence-corrected chi connectivity index (χ0v) is 9.82. The second kappa shape index (κ2) is 4.95. The van der Waals surface area contributed by atoms with Crippen molar-refractivity contribution in [3.05, 3.63) is 30.3 Å². The van der Waals surface area contributed by atoms with Crippen molar-refractivity contribution in [3.63, 3.8) is 0 Å². The number of sulfonamides is 1. The number of benzene rings is 1. The zero-order valence-electron chi connectivity index (χ0n) is 9.00. The maximum atomic E-state index is 12.2. The second-order valence-electron chi connectivity index (χ2n) is 3.68. The van der Waals surface area contributed by atoms with Gasteiger partial charge in [0, 0.05) is 19.7 Å². The molecule has 1 saturated heterocycles. The lowest BCUT2D eigenvalue weighted by Gasteiger charge is -2.19. The van der Waals surface area contributed by atoms with Crippen molar-refractivity contribution >= 4 is 10.0 Å². The third kappa shape index (κ3) is 2.42. The summed E-state index contributed by atoms with van der Waals surface area (Å²) in [6.07, 6.45) is 0.756. The molecular formula is C11H15NO3S. The van der Waals surface area contributed by atoms with Crippen LogP contribution in [-0.4, -0.2) is 39.0 Å². The average Bonchev–Trinajstić information content (AvgIpc) is 2.59. The van der Waals surface area contributed by atoms with Crippen LogP contribution in [0.25, 0.3) is 0 Å². The molecule has 1 fully saturated rings. The first-order valence-corrected chi connectivity index (χ1v) is 6.78. The van der Waals surface area contributed by atoms with Crippen LogP contribution in [0.1, 0.15) is 6.42 Å². The minimum absolute atomic E-state index is 0.358. The van der Waals surface area contributed by atoms with E-state index >= 15 is 0 Å². The van der Waals surface area contributed by atoms with Crippen LogP contribution in [-0.2, 0) is 14.8 Å². The van der Waals surface area contributed by atoms with E-state index in [4.69, 9.17) is 4.74 Å². The van der Waals surface area contributed by atoms with E-state index in [2.05, 4.69) is 0 Å². The van der Waals surface area contributed by atoms with E-state index in [1.54, 1.807) is 24.3 Å². The number of rotatable bonds is 2. The Bertz CT molecular complexity index is 422. The molecule has 0 atom stereocenters. The lowest BCUT2D eigenvalue weighted by molar-refractivity contribution is 0.148. The first kappa shape index (κ1) is 11.6. The number of ether oxygens (including phenoxy) is 1. The van der Waals surface area contributed by atoms with Crippen molar-refractivity contribution in [2.24, 2.45) is 0 Å². The molecule has 16 heavy (non-hydrogen) atoms. The van der Waals surface area contributed by atoms with Gasteiger partial charge in [0.15, 0.2) is 0 Å². The van der Waals surface area contributed by atoms with Gasteiger partial charge in [-0.15, -0.1) is 0 Å². The van der Waals surface area contributed by atoms with E-state index in [-0.39, 0.29) is 0 Å². The molecule has 0 spiro atoms. The molecule has 1 aromatic rings. The van der Waals surface area contributed by atoms with Gasteiger partial charge in [-0.05, 0) is 18.6 Å². The Hall–Kier alpha value is -0.910. The summed E-state index contributed by atoms with van der Waals surface area (Å²) in [6.45, 7) is 2.10. The minimum atomic E-state index is -3.33. The summed E-state index contributed by atoms with van der Waals surface area (Å²) in [7, 11) is -3.33. The molecule has 0 N–H and O–H groups in total. The Balaban J connectivity index is 2.24. The van der Waals surface area contributed by atoms with Gasteiger partial charge < -0.3 is 4.74 Å². The molecule has 1 heterocycles. The van der Waals surface area contributed by atoms with E-state index in [0.717, 1.165) is 6.42 Å². The molecule has 0 saturated carbocycles.